The van der Waals surface area contributed by atoms with Crippen LogP contribution in [0, 0.1) is 18.3 Å². The van der Waals surface area contributed by atoms with Crippen LogP contribution in [0.3, 0.4) is 0 Å². The van der Waals surface area contributed by atoms with Gasteiger partial charge in [0.15, 0.2) is 0 Å². The van der Waals surface area contributed by atoms with E-state index in [9.17, 15) is 4.79 Å². The predicted octanol–water partition coefficient (Wildman–Crippen LogP) is 3.31. The van der Waals surface area contributed by atoms with E-state index in [-0.39, 0.29) is 11.9 Å². The van der Waals surface area contributed by atoms with Gasteiger partial charge in [0, 0.05) is 29.8 Å². The summed E-state index contributed by atoms with van der Waals surface area (Å²) in [5.74, 6) is 0.405. The molecular weight excluding hydrogens is 310 g/mol. The Morgan fingerprint density at radius 2 is 1.96 bits per heavy atom. The minimum atomic E-state index is 0.0339. The van der Waals surface area contributed by atoms with Crippen LogP contribution >= 0.6 is 0 Å². The number of aryl methyl sites for hydroxylation is 1. The predicted molar refractivity (Wildman–Crippen MR) is 97.8 cm³/mol. The number of likely N-dealkylation sites (tertiary alicyclic amines) is 1. The highest BCUT2D eigenvalue weighted by molar-refractivity contribution is 6.08. The van der Waals surface area contributed by atoms with Gasteiger partial charge < -0.3 is 9.80 Å². The summed E-state index contributed by atoms with van der Waals surface area (Å²) in [4.78, 5) is 17.6. The van der Waals surface area contributed by atoms with Crippen molar-refractivity contribution in [2.24, 2.45) is 0 Å². The van der Waals surface area contributed by atoms with Crippen LogP contribution in [0.15, 0.2) is 42.5 Å². The minimum Gasteiger partial charge on any atom is -0.306 e. The Morgan fingerprint density at radius 1 is 1.20 bits per heavy atom. The molecule has 0 N–H and O–H groups in total. The van der Waals surface area contributed by atoms with Crippen LogP contribution in [0.1, 0.15) is 39.4 Å². The topological polar surface area (TPSA) is 47.3 Å². The molecule has 0 bridgehead atoms. The van der Waals surface area contributed by atoms with Crippen LogP contribution < -0.4 is 4.90 Å². The highest BCUT2D eigenvalue weighted by Gasteiger charge is 2.44. The first-order chi connectivity index (χ1) is 12.1. The van der Waals surface area contributed by atoms with E-state index in [1.807, 2.05) is 4.90 Å². The molecule has 25 heavy (non-hydrogen) atoms. The lowest BCUT2D eigenvalue weighted by molar-refractivity contribution is 0.0964. The summed E-state index contributed by atoms with van der Waals surface area (Å²) >= 11 is 0. The van der Waals surface area contributed by atoms with Crippen LogP contribution in [0.2, 0.25) is 0 Å². The third-order valence-electron chi connectivity index (χ3n) is 5.43. The van der Waals surface area contributed by atoms with Crippen molar-refractivity contribution in [3.8, 4) is 6.07 Å². The second-order valence-electron chi connectivity index (χ2n) is 7.15. The van der Waals surface area contributed by atoms with Crippen molar-refractivity contribution in [2.75, 3.05) is 25.0 Å². The van der Waals surface area contributed by atoms with Crippen LogP contribution in [-0.2, 0) is 0 Å². The maximum Gasteiger partial charge on any atom is 0.258 e. The standard InChI is InChI=1S/C21H21N3O/c1-14-3-8-19-17(11-14)18-13-23(2)10-9-20(18)24(19)21(25)16-6-4-15(12-22)5-7-16/h3-8,11,18,20H,9-10,13H2,1-2H3/t18-,20+/m1/s1. The Morgan fingerprint density at radius 3 is 2.68 bits per heavy atom. The van der Waals surface area contributed by atoms with Gasteiger partial charge in [-0.1, -0.05) is 17.7 Å². The van der Waals surface area contributed by atoms with E-state index in [1.165, 1.54) is 11.1 Å². The summed E-state index contributed by atoms with van der Waals surface area (Å²) in [7, 11) is 2.15. The number of nitrogens with zero attached hydrogens (tertiary/aromatic N) is 3. The van der Waals surface area contributed by atoms with E-state index in [0.29, 0.717) is 17.0 Å². The summed E-state index contributed by atoms with van der Waals surface area (Å²) < 4.78 is 0. The first-order valence-corrected chi connectivity index (χ1v) is 8.71. The number of piperidine rings is 1. The molecular formula is C21H21N3O. The molecule has 2 aromatic rings. The van der Waals surface area contributed by atoms with Crippen molar-refractivity contribution < 1.29 is 4.79 Å². The van der Waals surface area contributed by atoms with Crippen molar-refractivity contribution in [2.45, 2.75) is 25.3 Å². The third-order valence-corrected chi connectivity index (χ3v) is 5.43. The summed E-state index contributed by atoms with van der Waals surface area (Å²) in [5, 5.41) is 8.96. The fraction of sp³-hybridized carbons (Fsp3) is 0.333. The van der Waals surface area contributed by atoms with Gasteiger partial charge in [0.1, 0.15) is 0 Å². The SMILES string of the molecule is Cc1ccc2c(c1)[C@H]1CN(C)CC[C@@H]1N2C(=O)c1ccc(C#N)cc1. The number of amides is 1. The molecule has 2 aliphatic heterocycles. The molecule has 2 atom stereocenters. The number of carbonyl (C=O) groups is 1. The van der Waals surface area contributed by atoms with E-state index in [1.54, 1.807) is 24.3 Å². The summed E-state index contributed by atoms with van der Waals surface area (Å²) in [6.45, 7) is 4.09. The van der Waals surface area contributed by atoms with Gasteiger partial charge in [0.25, 0.3) is 5.91 Å². The molecule has 1 fully saturated rings. The Balaban J connectivity index is 1.75. The molecule has 2 aliphatic rings. The highest BCUT2D eigenvalue weighted by atomic mass is 16.2. The number of hydrogen-bond acceptors (Lipinski definition) is 3. The maximum absolute atomic E-state index is 13.3. The third kappa shape index (κ3) is 2.61. The molecule has 0 aromatic heterocycles. The quantitative estimate of drug-likeness (QED) is 0.805. The lowest BCUT2D eigenvalue weighted by Crippen LogP contribution is -2.47. The van der Waals surface area contributed by atoms with Crippen molar-refractivity contribution in [3.63, 3.8) is 0 Å². The van der Waals surface area contributed by atoms with Gasteiger partial charge in [-0.15, -0.1) is 0 Å². The van der Waals surface area contributed by atoms with Gasteiger partial charge in [-0.3, -0.25) is 4.79 Å². The zero-order valence-electron chi connectivity index (χ0n) is 14.6. The van der Waals surface area contributed by atoms with Crippen molar-refractivity contribution >= 4 is 11.6 Å². The number of carbonyl (C=O) groups excluding carboxylic acids is 1. The average molecular weight is 331 g/mol. The lowest BCUT2D eigenvalue weighted by atomic mass is 9.88. The molecule has 0 radical (unpaired) electrons. The second kappa shape index (κ2) is 6.02. The Bertz CT molecular complexity index is 866. The van der Waals surface area contributed by atoms with E-state index in [0.717, 1.165) is 25.2 Å². The highest BCUT2D eigenvalue weighted by Crippen LogP contribution is 2.45. The van der Waals surface area contributed by atoms with Crippen LogP contribution in [0.4, 0.5) is 5.69 Å². The van der Waals surface area contributed by atoms with Crippen LogP contribution in [-0.4, -0.2) is 37.0 Å². The molecule has 126 valence electrons. The fourth-order valence-corrected chi connectivity index (χ4v) is 4.17. The summed E-state index contributed by atoms with van der Waals surface area (Å²) in [6.07, 6.45) is 0.983. The molecule has 2 aromatic carbocycles. The van der Waals surface area contributed by atoms with Crippen molar-refractivity contribution in [1.29, 1.82) is 5.26 Å². The molecule has 2 heterocycles. The summed E-state index contributed by atoms with van der Waals surface area (Å²) in [6, 6.07) is 15.7. The first kappa shape index (κ1) is 15.9. The van der Waals surface area contributed by atoms with Gasteiger partial charge >= 0.3 is 0 Å². The monoisotopic (exact) mass is 331 g/mol. The molecule has 0 spiro atoms. The molecule has 0 aliphatic carbocycles. The van der Waals surface area contributed by atoms with E-state index >= 15 is 0 Å². The zero-order valence-corrected chi connectivity index (χ0v) is 14.6. The number of fused-ring (bicyclic) bond motifs is 3. The average Bonchev–Trinajstić information content (AvgIpc) is 2.94. The maximum atomic E-state index is 13.3. The normalized spacial score (nSPS) is 22.2. The van der Waals surface area contributed by atoms with Crippen molar-refractivity contribution in [3.05, 3.63) is 64.7 Å². The largest absolute Gasteiger partial charge is 0.306 e. The van der Waals surface area contributed by atoms with E-state index in [2.05, 4.69) is 43.1 Å². The van der Waals surface area contributed by atoms with Crippen LogP contribution in [0.25, 0.3) is 0 Å². The lowest BCUT2D eigenvalue weighted by Gasteiger charge is -2.36. The van der Waals surface area contributed by atoms with Gasteiger partial charge in [-0.2, -0.15) is 5.26 Å². The molecule has 1 saturated heterocycles. The van der Waals surface area contributed by atoms with Gasteiger partial charge in [-0.05, 0) is 62.8 Å². The molecule has 4 nitrogen and oxygen atoms in total. The number of benzene rings is 2. The van der Waals surface area contributed by atoms with Gasteiger partial charge in [0.05, 0.1) is 11.6 Å². The van der Waals surface area contributed by atoms with Gasteiger partial charge in [-0.25, -0.2) is 0 Å². The Hall–Kier alpha value is -2.64. The molecule has 0 unspecified atom stereocenters. The van der Waals surface area contributed by atoms with Gasteiger partial charge in [0.2, 0.25) is 0 Å². The fourth-order valence-electron chi connectivity index (χ4n) is 4.17. The molecule has 4 heteroatoms. The molecule has 0 saturated carbocycles. The van der Waals surface area contributed by atoms with E-state index in [4.69, 9.17) is 5.26 Å². The number of nitriles is 1. The number of anilines is 1. The Labute approximate surface area is 148 Å². The van der Waals surface area contributed by atoms with Crippen molar-refractivity contribution in [1.82, 2.24) is 4.90 Å². The minimum absolute atomic E-state index is 0.0339. The second-order valence-corrected chi connectivity index (χ2v) is 7.15. The number of hydrogen-bond donors (Lipinski definition) is 0. The summed E-state index contributed by atoms with van der Waals surface area (Å²) in [5.41, 5.74) is 4.79. The number of likely N-dealkylation sites (N-methyl/N-ethyl adjacent to an activating group) is 1. The molecule has 1 amide bonds. The Kier molecular flexibility index (Phi) is 3.82. The molecule has 4 rings (SSSR count). The van der Waals surface area contributed by atoms with Crippen LogP contribution in [0.5, 0.6) is 0 Å². The smallest absolute Gasteiger partial charge is 0.258 e. The number of rotatable bonds is 1. The van der Waals surface area contributed by atoms with E-state index < -0.39 is 0 Å². The first-order valence-electron chi connectivity index (χ1n) is 8.71. The zero-order chi connectivity index (χ0) is 17.6.